The molecule has 3 heterocycles. The fourth-order valence-electron chi connectivity index (χ4n) is 3.06. The molecule has 110 valence electrons. The Hall–Kier alpha value is -1.49. The summed E-state index contributed by atoms with van der Waals surface area (Å²) in [7, 11) is 0. The Balaban J connectivity index is 1.66. The molecule has 0 aromatic carbocycles. The van der Waals surface area contributed by atoms with Crippen LogP contribution in [-0.2, 0) is 11.3 Å². The van der Waals surface area contributed by atoms with Crippen molar-refractivity contribution in [2.45, 2.75) is 26.3 Å². The largest absolute Gasteiger partial charge is 0.472 e. The molecule has 0 radical (unpaired) electrons. The molecule has 1 spiro atoms. The van der Waals surface area contributed by atoms with E-state index in [0.717, 1.165) is 44.4 Å². The van der Waals surface area contributed by atoms with Gasteiger partial charge in [-0.3, -0.25) is 0 Å². The molecule has 1 atom stereocenters. The summed E-state index contributed by atoms with van der Waals surface area (Å²) >= 11 is 0. The fraction of sp³-hybridized carbons (Fsp3) is 0.667. The van der Waals surface area contributed by atoms with Gasteiger partial charge in [0.25, 0.3) is 0 Å². The number of nitrogens with zero attached hydrogens (tertiary/aromatic N) is 2. The van der Waals surface area contributed by atoms with E-state index in [9.17, 15) is 0 Å². The van der Waals surface area contributed by atoms with Crippen molar-refractivity contribution in [2.75, 3.05) is 32.8 Å². The number of ether oxygens (including phenoxy) is 1. The summed E-state index contributed by atoms with van der Waals surface area (Å²) in [6, 6.07) is 1.96. The lowest BCUT2D eigenvalue weighted by molar-refractivity contribution is 0.156. The minimum Gasteiger partial charge on any atom is -0.472 e. The number of hydrogen-bond acceptors (Lipinski definition) is 3. The minimum atomic E-state index is 0.367. The average Bonchev–Trinajstić information content (AvgIpc) is 3.18. The topological polar surface area (TPSA) is 50.0 Å². The highest BCUT2D eigenvalue weighted by Gasteiger charge is 2.42. The number of nitrogens with one attached hydrogen (secondary N) is 1. The molecule has 3 rings (SSSR count). The Labute approximate surface area is 120 Å². The van der Waals surface area contributed by atoms with Gasteiger partial charge in [0.15, 0.2) is 5.96 Å². The Morgan fingerprint density at radius 2 is 2.45 bits per heavy atom. The molecule has 1 N–H and O–H groups in total. The molecule has 0 amide bonds. The van der Waals surface area contributed by atoms with E-state index >= 15 is 0 Å². The van der Waals surface area contributed by atoms with Crippen molar-refractivity contribution in [3.05, 3.63) is 24.2 Å². The molecule has 2 aliphatic rings. The van der Waals surface area contributed by atoms with Gasteiger partial charge >= 0.3 is 0 Å². The zero-order chi connectivity index (χ0) is 13.8. The van der Waals surface area contributed by atoms with E-state index in [1.54, 1.807) is 12.5 Å². The van der Waals surface area contributed by atoms with Gasteiger partial charge in [-0.2, -0.15) is 0 Å². The van der Waals surface area contributed by atoms with Gasteiger partial charge in [-0.05, 0) is 25.8 Å². The van der Waals surface area contributed by atoms with Crippen molar-refractivity contribution in [3.8, 4) is 0 Å². The number of hydrogen-bond donors (Lipinski definition) is 1. The Morgan fingerprint density at radius 3 is 3.15 bits per heavy atom. The normalized spacial score (nSPS) is 26.6. The van der Waals surface area contributed by atoms with Gasteiger partial charge in [0.2, 0.25) is 0 Å². The molecule has 5 heteroatoms. The zero-order valence-corrected chi connectivity index (χ0v) is 12.1. The molecule has 20 heavy (non-hydrogen) atoms. The van der Waals surface area contributed by atoms with Gasteiger partial charge in [0, 0.05) is 37.2 Å². The SMILES string of the molecule is CCNC(=NCc1ccoc1)N1CCC2(CCOC2)C1. The van der Waals surface area contributed by atoms with Gasteiger partial charge < -0.3 is 19.4 Å². The van der Waals surface area contributed by atoms with Crippen molar-refractivity contribution in [2.24, 2.45) is 10.4 Å². The van der Waals surface area contributed by atoms with Crippen molar-refractivity contribution in [1.29, 1.82) is 0 Å². The predicted molar refractivity (Wildman–Crippen MR) is 77.6 cm³/mol. The molecule has 0 aliphatic carbocycles. The van der Waals surface area contributed by atoms with Gasteiger partial charge in [0.05, 0.1) is 25.7 Å². The molecule has 2 saturated heterocycles. The van der Waals surface area contributed by atoms with Crippen molar-refractivity contribution < 1.29 is 9.15 Å². The summed E-state index contributed by atoms with van der Waals surface area (Å²) in [6.07, 6.45) is 5.84. The third kappa shape index (κ3) is 2.82. The molecule has 1 aromatic heterocycles. The summed E-state index contributed by atoms with van der Waals surface area (Å²) in [5, 5.41) is 3.40. The summed E-state index contributed by atoms with van der Waals surface area (Å²) in [4.78, 5) is 7.10. The average molecular weight is 277 g/mol. The monoisotopic (exact) mass is 277 g/mol. The van der Waals surface area contributed by atoms with Crippen molar-refractivity contribution >= 4 is 5.96 Å². The summed E-state index contributed by atoms with van der Waals surface area (Å²) in [5.41, 5.74) is 1.48. The van der Waals surface area contributed by atoms with E-state index in [1.807, 2.05) is 6.07 Å². The van der Waals surface area contributed by atoms with Gasteiger partial charge in [0.1, 0.15) is 0 Å². The number of aliphatic imine (C=N–C) groups is 1. The molecule has 0 saturated carbocycles. The first kappa shape index (κ1) is 13.5. The Kier molecular flexibility index (Phi) is 3.96. The second-order valence-corrected chi connectivity index (χ2v) is 5.78. The third-order valence-electron chi connectivity index (χ3n) is 4.25. The summed E-state index contributed by atoms with van der Waals surface area (Å²) in [6.45, 7) is 7.62. The third-order valence-corrected chi connectivity index (χ3v) is 4.25. The van der Waals surface area contributed by atoms with E-state index < -0.39 is 0 Å². The van der Waals surface area contributed by atoms with Crippen LogP contribution in [0.3, 0.4) is 0 Å². The number of rotatable bonds is 3. The first-order valence-corrected chi connectivity index (χ1v) is 7.43. The number of furan rings is 1. The van der Waals surface area contributed by atoms with Gasteiger partial charge in [-0.15, -0.1) is 0 Å². The van der Waals surface area contributed by atoms with E-state index in [1.165, 1.54) is 12.8 Å². The fourth-order valence-corrected chi connectivity index (χ4v) is 3.06. The molecule has 1 unspecified atom stereocenters. The minimum absolute atomic E-state index is 0.367. The quantitative estimate of drug-likeness (QED) is 0.677. The molecule has 1 aromatic rings. The second-order valence-electron chi connectivity index (χ2n) is 5.78. The maximum Gasteiger partial charge on any atom is 0.194 e. The molecule has 5 nitrogen and oxygen atoms in total. The number of likely N-dealkylation sites (tertiary alicyclic amines) is 1. The van der Waals surface area contributed by atoms with E-state index in [-0.39, 0.29) is 0 Å². The van der Waals surface area contributed by atoms with Crippen LogP contribution in [-0.4, -0.2) is 43.7 Å². The Morgan fingerprint density at radius 1 is 1.50 bits per heavy atom. The predicted octanol–water partition coefficient (Wildman–Crippen LogP) is 1.86. The lowest BCUT2D eigenvalue weighted by Gasteiger charge is -2.24. The lowest BCUT2D eigenvalue weighted by atomic mass is 9.87. The first-order valence-electron chi connectivity index (χ1n) is 7.43. The zero-order valence-electron chi connectivity index (χ0n) is 12.1. The van der Waals surface area contributed by atoms with Crippen LogP contribution < -0.4 is 5.32 Å². The summed E-state index contributed by atoms with van der Waals surface area (Å²) in [5.74, 6) is 1.01. The Bertz CT molecular complexity index is 450. The van der Waals surface area contributed by atoms with Crippen LogP contribution in [0.5, 0.6) is 0 Å². The molecular weight excluding hydrogens is 254 g/mol. The van der Waals surface area contributed by atoms with Crippen LogP contribution in [0.25, 0.3) is 0 Å². The highest BCUT2D eigenvalue weighted by molar-refractivity contribution is 5.80. The van der Waals surface area contributed by atoms with E-state index in [2.05, 4.69) is 17.1 Å². The van der Waals surface area contributed by atoms with Gasteiger partial charge in [-0.1, -0.05) is 0 Å². The van der Waals surface area contributed by atoms with Crippen LogP contribution >= 0.6 is 0 Å². The molecular formula is C15H23N3O2. The standard InChI is InChI=1S/C15H23N3O2/c1-2-16-14(17-9-13-3-7-19-10-13)18-6-4-15(11-18)5-8-20-12-15/h3,7,10H,2,4-6,8-9,11-12H2,1H3,(H,16,17). The molecule has 0 bridgehead atoms. The van der Waals surface area contributed by atoms with E-state index in [0.29, 0.717) is 12.0 Å². The highest BCUT2D eigenvalue weighted by Crippen LogP contribution is 2.38. The molecule has 2 aliphatic heterocycles. The van der Waals surface area contributed by atoms with Crippen LogP contribution in [0.1, 0.15) is 25.3 Å². The van der Waals surface area contributed by atoms with Crippen LogP contribution in [0.15, 0.2) is 28.0 Å². The smallest absolute Gasteiger partial charge is 0.194 e. The maximum absolute atomic E-state index is 5.59. The lowest BCUT2D eigenvalue weighted by Crippen LogP contribution is -2.41. The van der Waals surface area contributed by atoms with Crippen LogP contribution in [0.4, 0.5) is 0 Å². The first-order chi connectivity index (χ1) is 9.81. The van der Waals surface area contributed by atoms with Crippen LogP contribution in [0.2, 0.25) is 0 Å². The van der Waals surface area contributed by atoms with Crippen LogP contribution in [0, 0.1) is 5.41 Å². The van der Waals surface area contributed by atoms with Crippen molar-refractivity contribution in [3.63, 3.8) is 0 Å². The second kappa shape index (κ2) is 5.87. The van der Waals surface area contributed by atoms with Crippen molar-refractivity contribution in [1.82, 2.24) is 10.2 Å². The highest BCUT2D eigenvalue weighted by atomic mass is 16.5. The molecule has 2 fully saturated rings. The van der Waals surface area contributed by atoms with Gasteiger partial charge in [-0.25, -0.2) is 4.99 Å². The maximum atomic E-state index is 5.59. The van der Waals surface area contributed by atoms with E-state index in [4.69, 9.17) is 14.1 Å². The summed E-state index contributed by atoms with van der Waals surface area (Å²) < 4.78 is 10.7. The number of guanidine groups is 1.